The van der Waals surface area contributed by atoms with Gasteiger partial charge >= 0.3 is 5.97 Å². The summed E-state index contributed by atoms with van der Waals surface area (Å²) in [6.45, 7) is 1.42. The fourth-order valence-corrected chi connectivity index (χ4v) is 1.18. The summed E-state index contributed by atoms with van der Waals surface area (Å²) in [5.41, 5.74) is 0. The molecule has 0 bridgehead atoms. The summed E-state index contributed by atoms with van der Waals surface area (Å²) in [7, 11) is 1.83. The van der Waals surface area contributed by atoms with Crippen molar-refractivity contribution in [2.75, 3.05) is 39.9 Å². The Kier molecular flexibility index (Phi) is 9.18. The molecule has 0 rings (SSSR count). The summed E-state index contributed by atoms with van der Waals surface area (Å²) >= 11 is 0. The standard InChI is InChI=1S/C8H17NO4.ClH/c1-9(4-6-10,5-7-11)3-2-8(12)13;/h10-11H,2-7H2,1H3;1H. The normalized spacial score (nSPS) is 10.8. The molecule has 0 aromatic heterocycles. The van der Waals surface area contributed by atoms with Crippen LogP contribution in [0.15, 0.2) is 0 Å². The van der Waals surface area contributed by atoms with Gasteiger partial charge in [-0.3, -0.25) is 4.79 Å². The number of rotatable bonds is 7. The molecule has 0 spiro atoms. The van der Waals surface area contributed by atoms with Crippen molar-refractivity contribution in [3.63, 3.8) is 0 Å². The van der Waals surface area contributed by atoms with Crippen molar-refractivity contribution in [1.82, 2.24) is 0 Å². The van der Waals surface area contributed by atoms with Crippen molar-refractivity contribution < 1.29 is 37.0 Å². The zero-order valence-corrected chi connectivity index (χ0v) is 9.07. The van der Waals surface area contributed by atoms with Gasteiger partial charge in [-0.1, -0.05) is 0 Å². The van der Waals surface area contributed by atoms with E-state index in [9.17, 15) is 4.79 Å². The van der Waals surface area contributed by atoms with E-state index >= 15 is 0 Å². The summed E-state index contributed by atoms with van der Waals surface area (Å²) in [6.07, 6.45) is 0.0660. The van der Waals surface area contributed by atoms with Gasteiger partial charge in [-0.2, -0.15) is 0 Å². The van der Waals surface area contributed by atoms with Crippen LogP contribution in [0, 0.1) is 0 Å². The van der Waals surface area contributed by atoms with Gasteiger partial charge < -0.3 is 32.2 Å². The number of carbonyl (C=O) groups is 1. The van der Waals surface area contributed by atoms with Crippen LogP contribution < -0.4 is 12.4 Å². The van der Waals surface area contributed by atoms with Gasteiger partial charge in [0.25, 0.3) is 0 Å². The molecule has 0 aliphatic carbocycles. The molecule has 0 aromatic carbocycles. The molecular weight excluding hydrogens is 210 g/mol. The second-order valence-electron chi connectivity index (χ2n) is 3.38. The lowest BCUT2D eigenvalue weighted by Gasteiger charge is -2.32. The molecule has 5 nitrogen and oxygen atoms in total. The SMILES string of the molecule is C[N+](CCO)(CCO)CCC(=O)O.[Cl-]. The molecule has 0 aliphatic heterocycles. The fraction of sp³-hybridized carbons (Fsp3) is 0.875. The highest BCUT2D eigenvalue weighted by atomic mass is 35.5. The topological polar surface area (TPSA) is 77.8 Å². The van der Waals surface area contributed by atoms with Crippen LogP contribution in [0.25, 0.3) is 0 Å². The third-order valence-corrected chi connectivity index (χ3v) is 2.15. The number of halogens is 1. The predicted molar refractivity (Wildman–Crippen MR) is 47.2 cm³/mol. The number of hydrogen-bond acceptors (Lipinski definition) is 3. The molecule has 0 amide bonds. The molecular formula is C8H18ClNO4. The highest BCUT2D eigenvalue weighted by Crippen LogP contribution is 2.02. The number of quaternary nitrogens is 1. The van der Waals surface area contributed by atoms with E-state index in [1.807, 2.05) is 7.05 Å². The first kappa shape index (κ1) is 16.1. The lowest BCUT2D eigenvalue weighted by atomic mass is 10.3. The first-order valence-corrected chi connectivity index (χ1v) is 4.31. The number of hydrogen-bond donors (Lipinski definition) is 3. The van der Waals surface area contributed by atoms with Crippen LogP contribution in [0.1, 0.15) is 6.42 Å². The smallest absolute Gasteiger partial charge is 0.309 e. The van der Waals surface area contributed by atoms with Crippen LogP contribution in [-0.2, 0) is 4.79 Å². The molecule has 0 saturated carbocycles. The number of aliphatic hydroxyl groups excluding tert-OH is 2. The lowest BCUT2D eigenvalue weighted by Crippen LogP contribution is -3.00. The minimum Gasteiger partial charge on any atom is -1.00 e. The molecule has 0 aliphatic rings. The molecule has 86 valence electrons. The lowest BCUT2D eigenvalue weighted by molar-refractivity contribution is -0.909. The molecule has 0 aromatic rings. The molecule has 6 heteroatoms. The van der Waals surface area contributed by atoms with E-state index in [1.165, 1.54) is 0 Å². The molecule has 0 atom stereocenters. The first-order valence-electron chi connectivity index (χ1n) is 4.31. The summed E-state index contributed by atoms with van der Waals surface area (Å²) in [6, 6.07) is 0. The monoisotopic (exact) mass is 227 g/mol. The quantitative estimate of drug-likeness (QED) is 0.387. The van der Waals surface area contributed by atoms with E-state index in [-0.39, 0.29) is 32.0 Å². The van der Waals surface area contributed by atoms with Gasteiger partial charge in [0.15, 0.2) is 0 Å². The summed E-state index contributed by atoms with van der Waals surface area (Å²) in [5.74, 6) is -0.847. The van der Waals surface area contributed by atoms with Crippen LogP contribution in [0.2, 0.25) is 0 Å². The van der Waals surface area contributed by atoms with E-state index in [0.29, 0.717) is 24.1 Å². The third kappa shape index (κ3) is 7.08. The molecule has 0 saturated heterocycles. The van der Waals surface area contributed by atoms with Gasteiger partial charge in [0.05, 0.1) is 33.2 Å². The summed E-state index contributed by atoms with van der Waals surface area (Å²) < 4.78 is 0.402. The van der Waals surface area contributed by atoms with Crippen LogP contribution in [0.3, 0.4) is 0 Å². The Morgan fingerprint density at radius 3 is 1.86 bits per heavy atom. The first-order chi connectivity index (χ1) is 6.04. The minimum absolute atomic E-state index is 0. The maximum atomic E-state index is 10.3. The fourth-order valence-electron chi connectivity index (χ4n) is 1.18. The number of carboxylic acid groups (broad SMARTS) is 1. The molecule has 14 heavy (non-hydrogen) atoms. The number of nitrogens with zero attached hydrogens (tertiary/aromatic N) is 1. The Morgan fingerprint density at radius 1 is 1.14 bits per heavy atom. The predicted octanol–water partition coefficient (Wildman–Crippen LogP) is -4.10. The van der Waals surface area contributed by atoms with Crippen molar-refractivity contribution in [2.24, 2.45) is 0 Å². The number of aliphatic hydroxyl groups is 2. The Labute approximate surface area is 90.0 Å². The van der Waals surface area contributed by atoms with Crippen molar-refractivity contribution in [1.29, 1.82) is 0 Å². The Balaban J connectivity index is 0. The Morgan fingerprint density at radius 2 is 1.57 bits per heavy atom. The maximum absolute atomic E-state index is 10.3. The number of aliphatic carboxylic acids is 1. The maximum Gasteiger partial charge on any atom is 0.309 e. The second kappa shape index (κ2) is 7.99. The van der Waals surface area contributed by atoms with E-state index in [4.69, 9.17) is 15.3 Å². The molecule has 0 fully saturated rings. The highest BCUT2D eigenvalue weighted by Gasteiger charge is 2.21. The highest BCUT2D eigenvalue weighted by molar-refractivity contribution is 5.66. The zero-order chi connectivity index (χ0) is 10.3. The second-order valence-corrected chi connectivity index (χ2v) is 3.38. The summed E-state index contributed by atoms with van der Waals surface area (Å²) in [5, 5.41) is 26.0. The zero-order valence-electron chi connectivity index (χ0n) is 8.32. The van der Waals surface area contributed by atoms with Crippen LogP contribution >= 0.6 is 0 Å². The van der Waals surface area contributed by atoms with Gasteiger partial charge in [0, 0.05) is 0 Å². The Hall–Kier alpha value is -0.360. The van der Waals surface area contributed by atoms with E-state index in [0.717, 1.165) is 0 Å². The van der Waals surface area contributed by atoms with Crippen molar-refractivity contribution in [3.05, 3.63) is 0 Å². The van der Waals surface area contributed by atoms with E-state index in [1.54, 1.807) is 0 Å². The van der Waals surface area contributed by atoms with Crippen molar-refractivity contribution in [2.45, 2.75) is 6.42 Å². The molecule has 0 heterocycles. The van der Waals surface area contributed by atoms with Crippen molar-refractivity contribution >= 4 is 5.97 Å². The van der Waals surface area contributed by atoms with Crippen LogP contribution in [-0.4, -0.2) is 65.7 Å². The summed E-state index contributed by atoms with van der Waals surface area (Å²) in [4.78, 5) is 10.3. The van der Waals surface area contributed by atoms with E-state index < -0.39 is 5.97 Å². The molecule has 0 radical (unpaired) electrons. The molecule has 3 N–H and O–H groups in total. The number of likely N-dealkylation sites (N-methyl/N-ethyl adjacent to an activating group) is 1. The van der Waals surface area contributed by atoms with Gasteiger partial charge in [-0.25, -0.2) is 0 Å². The Bertz CT molecular complexity index is 159. The average molecular weight is 228 g/mol. The van der Waals surface area contributed by atoms with E-state index in [2.05, 4.69) is 0 Å². The van der Waals surface area contributed by atoms with Gasteiger partial charge in [-0.15, -0.1) is 0 Å². The van der Waals surface area contributed by atoms with Crippen LogP contribution in [0.5, 0.6) is 0 Å². The van der Waals surface area contributed by atoms with Gasteiger partial charge in [0.1, 0.15) is 13.1 Å². The average Bonchev–Trinajstić information content (AvgIpc) is 2.02. The molecule has 0 unspecified atom stereocenters. The van der Waals surface area contributed by atoms with Crippen molar-refractivity contribution in [3.8, 4) is 0 Å². The van der Waals surface area contributed by atoms with Crippen LogP contribution in [0.4, 0.5) is 0 Å². The largest absolute Gasteiger partial charge is 1.00 e. The van der Waals surface area contributed by atoms with Gasteiger partial charge in [0.2, 0.25) is 0 Å². The number of carboxylic acids is 1. The van der Waals surface area contributed by atoms with Gasteiger partial charge in [-0.05, 0) is 0 Å². The minimum atomic E-state index is -0.847. The third-order valence-electron chi connectivity index (χ3n) is 2.15.